The molecule has 2 rings (SSSR count). The molecule has 108 valence electrons. The van der Waals surface area contributed by atoms with E-state index in [2.05, 4.69) is 29.1 Å². The fraction of sp³-hybridized carbons (Fsp3) is 0.500. The Hall–Kier alpha value is -1.95. The Morgan fingerprint density at radius 3 is 2.80 bits per heavy atom. The minimum absolute atomic E-state index is 0.203. The van der Waals surface area contributed by atoms with E-state index in [0.29, 0.717) is 12.1 Å². The van der Waals surface area contributed by atoms with Gasteiger partial charge < -0.3 is 10.0 Å². The quantitative estimate of drug-likeness (QED) is 0.835. The molecule has 0 unspecified atom stereocenters. The number of fused-ring (bicyclic) bond motifs is 1. The van der Waals surface area contributed by atoms with Crippen molar-refractivity contribution in [1.82, 2.24) is 19.9 Å². The Balaban J connectivity index is 2.19. The maximum Gasteiger partial charge on any atom is 0.338 e. The number of rotatable bonds is 7. The van der Waals surface area contributed by atoms with Crippen molar-refractivity contribution in [2.75, 3.05) is 19.6 Å². The minimum atomic E-state index is -0.969. The summed E-state index contributed by atoms with van der Waals surface area (Å²) in [4.78, 5) is 13.5. The second-order valence-corrected chi connectivity index (χ2v) is 4.73. The number of nitrogens with zero attached hydrogens (tertiary/aromatic N) is 4. The van der Waals surface area contributed by atoms with Gasteiger partial charge in [-0.1, -0.05) is 25.1 Å². The van der Waals surface area contributed by atoms with Crippen LogP contribution in [0, 0.1) is 0 Å². The van der Waals surface area contributed by atoms with Gasteiger partial charge in [-0.15, -0.1) is 5.10 Å². The Bertz CT molecular complexity index is 594. The van der Waals surface area contributed by atoms with Crippen molar-refractivity contribution in [1.29, 1.82) is 0 Å². The van der Waals surface area contributed by atoms with Gasteiger partial charge in [-0.3, -0.25) is 0 Å². The summed E-state index contributed by atoms with van der Waals surface area (Å²) < 4.78 is 1.78. The lowest BCUT2D eigenvalue weighted by molar-refractivity contribution is 0.0699. The molecular formula is C14H20N4O2. The van der Waals surface area contributed by atoms with Gasteiger partial charge in [0.15, 0.2) is 0 Å². The van der Waals surface area contributed by atoms with Gasteiger partial charge in [0.2, 0.25) is 0 Å². The van der Waals surface area contributed by atoms with Crippen LogP contribution < -0.4 is 0 Å². The standard InChI is InChI=1S/C14H20N4O2/c1-3-8-17(4-2)9-10-18-12-7-5-6-11(14(19)20)13(12)15-16-18/h5-7H,3-4,8-10H2,1-2H3,(H,19,20). The molecule has 0 aliphatic heterocycles. The Labute approximate surface area is 118 Å². The van der Waals surface area contributed by atoms with Crippen molar-refractivity contribution < 1.29 is 9.90 Å². The molecule has 2 aromatic rings. The first-order valence-corrected chi connectivity index (χ1v) is 6.95. The van der Waals surface area contributed by atoms with Crippen molar-refractivity contribution in [2.24, 2.45) is 0 Å². The number of aromatic nitrogens is 3. The molecule has 0 fully saturated rings. The highest BCUT2D eigenvalue weighted by Crippen LogP contribution is 2.16. The average Bonchev–Trinajstić information content (AvgIpc) is 2.86. The smallest absolute Gasteiger partial charge is 0.338 e. The van der Waals surface area contributed by atoms with E-state index in [1.807, 2.05) is 6.07 Å². The molecule has 0 aliphatic rings. The first kappa shape index (κ1) is 14.5. The van der Waals surface area contributed by atoms with Crippen molar-refractivity contribution >= 4 is 17.0 Å². The van der Waals surface area contributed by atoms with E-state index >= 15 is 0 Å². The van der Waals surface area contributed by atoms with Gasteiger partial charge in [0.1, 0.15) is 5.52 Å². The van der Waals surface area contributed by atoms with Crippen LogP contribution in [0.3, 0.4) is 0 Å². The third kappa shape index (κ3) is 2.96. The number of hydrogen-bond acceptors (Lipinski definition) is 4. The Morgan fingerprint density at radius 2 is 2.15 bits per heavy atom. The monoisotopic (exact) mass is 276 g/mol. The summed E-state index contributed by atoms with van der Waals surface area (Å²) in [5.74, 6) is -0.969. The van der Waals surface area contributed by atoms with Crippen molar-refractivity contribution in [3.8, 4) is 0 Å². The Morgan fingerprint density at radius 1 is 1.35 bits per heavy atom. The van der Waals surface area contributed by atoms with Gasteiger partial charge in [-0.2, -0.15) is 0 Å². The number of carboxylic acid groups (broad SMARTS) is 1. The van der Waals surface area contributed by atoms with E-state index in [1.165, 1.54) is 0 Å². The fourth-order valence-corrected chi connectivity index (χ4v) is 2.31. The van der Waals surface area contributed by atoms with Crippen LogP contribution in [0.5, 0.6) is 0 Å². The number of hydrogen-bond donors (Lipinski definition) is 1. The zero-order valence-corrected chi connectivity index (χ0v) is 11.9. The lowest BCUT2D eigenvalue weighted by Gasteiger charge is -2.19. The summed E-state index contributed by atoms with van der Waals surface area (Å²) >= 11 is 0. The molecule has 0 bridgehead atoms. The van der Waals surface area contributed by atoms with E-state index in [-0.39, 0.29) is 5.56 Å². The lowest BCUT2D eigenvalue weighted by Crippen LogP contribution is -2.28. The van der Waals surface area contributed by atoms with Crippen LogP contribution in [0.25, 0.3) is 11.0 Å². The normalized spacial score (nSPS) is 11.3. The molecule has 0 saturated heterocycles. The molecule has 0 radical (unpaired) electrons. The van der Waals surface area contributed by atoms with E-state index < -0.39 is 5.97 Å². The molecule has 0 saturated carbocycles. The molecule has 0 atom stereocenters. The second-order valence-electron chi connectivity index (χ2n) is 4.73. The predicted octanol–water partition coefficient (Wildman–Crippen LogP) is 1.86. The summed E-state index contributed by atoms with van der Waals surface area (Å²) in [6, 6.07) is 5.15. The van der Waals surface area contributed by atoms with E-state index in [4.69, 9.17) is 5.11 Å². The highest BCUT2D eigenvalue weighted by atomic mass is 16.4. The molecule has 0 aliphatic carbocycles. The number of carbonyl (C=O) groups is 1. The topological polar surface area (TPSA) is 71.2 Å². The molecule has 6 heteroatoms. The Kier molecular flexibility index (Phi) is 4.68. The third-order valence-electron chi connectivity index (χ3n) is 3.39. The third-order valence-corrected chi connectivity index (χ3v) is 3.39. The minimum Gasteiger partial charge on any atom is -0.478 e. The second kappa shape index (κ2) is 6.47. The summed E-state index contributed by atoms with van der Waals surface area (Å²) in [6.45, 7) is 7.96. The van der Waals surface area contributed by atoms with Gasteiger partial charge in [-0.25, -0.2) is 9.48 Å². The van der Waals surface area contributed by atoms with Crippen LogP contribution in [0.2, 0.25) is 0 Å². The van der Waals surface area contributed by atoms with Gasteiger partial charge >= 0.3 is 5.97 Å². The predicted molar refractivity (Wildman–Crippen MR) is 76.9 cm³/mol. The summed E-state index contributed by atoms with van der Waals surface area (Å²) in [5.41, 5.74) is 1.44. The van der Waals surface area contributed by atoms with E-state index in [9.17, 15) is 4.79 Å². The fourth-order valence-electron chi connectivity index (χ4n) is 2.31. The number of benzene rings is 1. The first-order chi connectivity index (χ1) is 9.67. The van der Waals surface area contributed by atoms with Gasteiger partial charge in [0, 0.05) is 6.54 Å². The van der Waals surface area contributed by atoms with Gasteiger partial charge in [0.05, 0.1) is 17.6 Å². The van der Waals surface area contributed by atoms with Crippen LogP contribution in [-0.4, -0.2) is 50.6 Å². The molecule has 0 spiro atoms. The van der Waals surface area contributed by atoms with Crippen LogP contribution >= 0.6 is 0 Å². The molecule has 6 nitrogen and oxygen atoms in total. The van der Waals surface area contributed by atoms with Crippen molar-refractivity contribution in [2.45, 2.75) is 26.8 Å². The zero-order valence-electron chi connectivity index (χ0n) is 11.9. The highest BCUT2D eigenvalue weighted by Gasteiger charge is 2.13. The van der Waals surface area contributed by atoms with Crippen LogP contribution in [-0.2, 0) is 6.54 Å². The van der Waals surface area contributed by atoms with E-state index in [0.717, 1.165) is 31.6 Å². The van der Waals surface area contributed by atoms with E-state index in [1.54, 1.807) is 16.8 Å². The molecule has 20 heavy (non-hydrogen) atoms. The molecule has 1 aromatic carbocycles. The van der Waals surface area contributed by atoms with Crippen molar-refractivity contribution in [3.63, 3.8) is 0 Å². The average molecular weight is 276 g/mol. The maximum atomic E-state index is 11.1. The number of carboxylic acids is 1. The lowest BCUT2D eigenvalue weighted by atomic mass is 10.2. The van der Waals surface area contributed by atoms with Crippen LogP contribution in [0.4, 0.5) is 0 Å². The summed E-state index contributed by atoms with van der Waals surface area (Å²) in [5, 5.41) is 17.2. The molecule has 1 N–H and O–H groups in total. The molecule has 1 heterocycles. The summed E-state index contributed by atoms with van der Waals surface area (Å²) in [6.07, 6.45) is 1.12. The largest absolute Gasteiger partial charge is 0.478 e. The first-order valence-electron chi connectivity index (χ1n) is 6.95. The number of likely N-dealkylation sites (N-methyl/N-ethyl adjacent to an activating group) is 1. The maximum absolute atomic E-state index is 11.1. The zero-order chi connectivity index (χ0) is 14.5. The SMILES string of the molecule is CCCN(CC)CCn1nnc2c(C(=O)O)cccc21. The van der Waals surface area contributed by atoms with Crippen LogP contribution in [0.1, 0.15) is 30.6 Å². The molecular weight excluding hydrogens is 256 g/mol. The number of aromatic carboxylic acids is 1. The molecule has 0 amide bonds. The van der Waals surface area contributed by atoms with Gasteiger partial charge in [0.25, 0.3) is 0 Å². The summed E-state index contributed by atoms with van der Waals surface area (Å²) in [7, 11) is 0. The van der Waals surface area contributed by atoms with Gasteiger partial charge in [-0.05, 0) is 31.6 Å². The van der Waals surface area contributed by atoms with Crippen LogP contribution in [0.15, 0.2) is 18.2 Å². The highest BCUT2D eigenvalue weighted by molar-refractivity contribution is 6.00. The molecule has 1 aromatic heterocycles. The van der Waals surface area contributed by atoms with Crippen molar-refractivity contribution in [3.05, 3.63) is 23.8 Å².